The van der Waals surface area contributed by atoms with Crippen LogP contribution >= 0.6 is 0 Å². The fourth-order valence-corrected chi connectivity index (χ4v) is 4.37. The third-order valence-electron chi connectivity index (χ3n) is 6.93. The van der Waals surface area contributed by atoms with Crippen LogP contribution in [0.3, 0.4) is 0 Å². The van der Waals surface area contributed by atoms with Gasteiger partial charge in [0.25, 0.3) is 0 Å². The van der Waals surface area contributed by atoms with Gasteiger partial charge in [-0.3, -0.25) is 9.59 Å². The topological polar surface area (TPSA) is 94.2 Å². The highest BCUT2D eigenvalue weighted by atomic mass is 16.6. The molecular weight excluding hydrogens is 508 g/mol. The molecule has 236 valence electrons. The van der Waals surface area contributed by atoms with Crippen molar-refractivity contribution >= 4 is 18.0 Å². The molecule has 0 aliphatic rings. The lowest BCUT2D eigenvalue weighted by atomic mass is 10.1. The second-order valence-corrected chi connectivity index (χ2v) is 11.3. The van der Waals surface area contributed by atoms with Crippen molar-refractivity contribution in [3.05, 3.63) is 0 Å². The van der Waals surface area contributed by atoms with Crippen molar-refractivity contribution in [1.82, 2.24) is 10.2 Å². The molecule has 0 saturated carbocycles. The van der Waals surface area contributed by atoms with Gasteiger partial charge in [-0.2, -0.15) is 0 Å². The van der Waals surface area contributed by atoms with Gasteiger partial charge >= 0.3 is 18.0 Å². The zero-order valence-corrected chi connectivity index (χ0v) is 26.4. The van der Waals surface area contributed by atoms with Crippen molar-refractivity contribution in [2.75, 3.05) is 40.4 Å². The highest BCUT2D eigenvalue weighted by Gasteiger charge is 2.19. The highest BCUT2D eigenvalue weighted by molar-refractivity contribution is 5.70. The van der Waals surface area contributed by atoms with E-state index in [9.17, 15) is 14.4 Å². The minimum absolute atomic E-state index is 0.122. The Labute approximate surface area is 245 Å². The minimum atomic E-state index is -0.835. The Morgan fingerprint density at radius 2 is 0.975 bits per heavy atom. The first-order valence-electron chi connectivity index (χ1n) is 16.3. The number of alkyl carbamates (subject to hydrolysis) is 1. The summed E-state index contributed by atoms with van der Waals surface area (Å²) in [5.74, 6) is -0.629. The van der Waals surface area contributed by atoms with E-state index < -0.39 is 12.2 Å². The predicted octanol–water partition coefficient (Wildman–Crippen LogP) is 7.57. The largest absolute Gasteiger partial charge is 0.462 e. The third kappa shape index (κ3) is 27.7. The number of ether oxygens (including phenoxy) is 3. The number of nitrogens with zero attached hydrogens (tertiary/aromatic N) is 1. The molecule has 1 amide bonds. The number of hydrogen-bond acceptors (Lipinski definition) is 7. The van der Waals surface area contributed by atoms with Gasteiger partial charge in [0.2, 0.25) is 0 Å². The first kappa shape index (κ1) is 38.2. The predicted molar refractivity (Wildman–Crippen MR) is 162 cm³/mol. The molecule has 0 aromatic carbocycles. The Balaban J connectivity index is 4.26. The quantitative estimate of drug-likeness (QED) is 0.0589. The van der Waals surface area contributed by atoms with Gasteiger partial charge in [-0.15, -0.1) is 0 Å². The number of esters is 2. The zero-order chi connectivity index (χ0) is 29.7. The lowest BCUT2D eigenvalue weighted by molar-refractivity contribution is -0.152. The van der Waals surface area contributed by atoms with E-state index >= 15 is 0 Å². The summed E-state index contributed by atoms with van der Waals surface area (Å²) in [5, 5.41) is 2.68. The molecule has 0 aromatic rings. The van der Waals surface area contributed by atoms with Crippen LogP contribution in [0.25, 0.3) is 0 Å². The van der Waals surface area contributed by atoms with Crippen LogP contribution in [0, 0.1) is 0 Å². The average molecular weight is 571 g/mol. The number of carbonyl (C=O) groups excluding carboxylic acids is 3. The van der Waals surface area contributed by atoms with E-state index in [1.165, 1.54) is 77.0 Å². The SMILES string of the molecule is CCCCCCCCCCCC(=O)OCC(COC(=O)CCCCCCCCCCC)OC(=O)NCCN(C)C. The van der Waals surface area contributed by atoms with Crippen molar-refractivity contribution in [3.63, 3.8) is 0 Å². The molecule has 0 fully saturated rings. The van der Waals surface area contributed by atoms with Gasteiger partial charge in [-0.1, -0.05) is 117 Å². The summed E-state index contributed by atoms with van der Waals surface area (Å²) < 4.78 is 16.1. The molecule has 0 aliphatic heterocycles. The van der Waals surface area contributed by atoms with Crippen LogP contribution in [0.15, 0.2) is 0 Å². The molecule has 0 rings (SSSR count). The number of amides is 1. The lowest BCUT2D eigenvalue weighted by Gasteiger charge is -2.19. The Kier molecular flexibility index (Phi) is 27.4. The van der Waals surface area contributed by atoms with E-state index in [0.29, 0.717) is 25.9 Å². The number of rotatable bonds is 28. The number of likely N-dealkylation sites (N-methyl/N-ethyl adjacent to an activating group) is 1. The first-order chi connectivity index (χ1) is 19.4. The van der Waals surface area contributed by atoms with E-state index in [2.05, 4.69) is 19.2 Å². The third-order valence-corrected chi connectivity index (χ3v) is 6.93. The summed E-state index contributed by atoms with van der Waals surface area (Å²) in [6.45, 7) is 5.29. The molecule has 8 heteroatoms. The maximum Gasteiger partial charge on any atom is 0.407 e. The minimum Gasteiger partial charge on any atom is -0.462 e. The van der Waals surface area contributed by atoms with E-state index in [-0.39, 0.29) is 25.2 Å². The smallest absolute Gasteiger partial charge is 0.407 e. The van der Waals surface area contributed by atoms with Crippen LogP contribution in [-0.2, 0) is 23.8 Å². The molecule has 0 aliphatic carbocycles. The van der Waals surface area contributed by atoms with Crippen molar-refractivity contribution in [3.8, 4) is 0 Å². The van der Waals surface area contributed by atoms with E-state index in [4.69, 9.17) is 14.2 Å². The van der Waals surface area contributed by atoms with E-state index in [1.807, 2.05) is 19.0 Å². The van der Waals surface area contributed by atoms with Gasteiger partial charge in [0.15, 0.2) is 6.10 Å². The summed E-state index contributed by atoms with van der Waals surface area (Å²) >= 11 is 0. The highest BCUT2D eigenvalue weighted by Crippen LogP contribution is 2.12. The Hall–Kier alpha value is -1.83. The molecule has 0 heterocycles. The molecule has 0 spiro atoms. The number of carbonyl (C=O) groups is 3. The normalized spacial score (nSPS) is 11.2. The number of nitrogens with one attached hydrogen (secondary N) is 1. The summed E-state index contributed by atoms with van der Waals surface area (Å²) in [6, 6.07) is 0. The zero-order valence-electron chi connectivity index (χ0n) is 26.4. The monoisotopic (exact) mass is 570 g/mol. The van der Waals surface area contributed by atoms with Crippen LogP contribution in [0.2, 0.25) is 0 Å². The van der Waals surface area contributed by atoms with Crippen LogP contribution in [-0.4, -0.2) is 69.4 Å². The van der Waals surface area contributed by atoms with Crippen molar-refractivity contribution in [1.29, 1.82) is 0 Å². The van der Waals surface area contributed by atoms with Gasteiger partial charge in [0, 0.05) is 25.9 Å². The van der Waals surface area contributed by atoms with Gasteiger partial charge in [0.1, 0.15) is 13.2 Å². The second-order valence-electron chi connectivity index (χ2n) is 11.3. The molecular formula is C32H62N2O6. The lowest BCUT2D eigenvalue weighted by Crippen LogP contribution is -2.37. The van der Waals surface area contributed by atoms with Gasteiger partial charge < -0.3 is 24.4 Å². The maximum atomic E-state index is 12.2. The Morgan fingerprint density at radius 3 is 1.35 bits per heavy atom. The van der Waals surface area contributed by atoms with Gasteiger partial charge in [-0.25, -0.2) is 4.79 Å². The second kappa shape index (κ2) is 28.7. The molecule has 0 radical (unpaired) electrons. The molecule has 1 N–H and O–H groups in total. The maximum absolute atomic E-state index is 12.2. The van der Waals surface area contributed by atoms with Gasteiger partial charge in [0.05, 0.1) is 0 Å². The summed E-state index contributed by atoms with van der Waals surface area (Å²) in [5.41, 5.74) is 0. The van der Waals surface area contributed by atoms with Crippen molar-refractivity contribution in [2.45, 2.75) is 148 Å². The molecule has 0 unspecified atom stereocenters. The fraction of sp³-hybridized carbons (Fsp3) is 0.906. The van der Waals surface area contributed by atoms with Crippen molar-refractivity contribution < 1.29 is 28.6 Å². The Bertz CT molecular complexity index is 576. The Morgan fingerprint density at radius 1 is 0.600 bits per heavy atom. The number of unbranched alkanes of at least 4 members (excludes halogenated alkanes) is 16. The standard InChI is InChI=1S/C32H62N2O6/c1-5-7-9-11-13-15-17-19-21-23-30(35)38-27-29(40-32(37)33-25-26-34(3)4)28-39-31(36)24-22-20-18-16-14-12-10-8-6-2/h29H,5-28H2,1-4H3,(H,33,37). The number of hydrogen-bond donors (Lipinski definition) is 1. The molecule has 40 heavy (non-hydrogen) atoms. The summed E-state index contributed by atoms with van der Waals surface area (Å²) in [4.78, 5) is 38.6. The summed E-state index contributed by atoms with van der Waals surface area (Å²) in [7, 11) is 3.83. The molecule has 0 atom stereocenters. The van der Waals surface area contributed by atoms with E-state index in [0.717, 1.165) is 38.5 Å². The molecule has 0 saturated heterocycles. The average Bonchev–Trinajstić information content (AvgIpc) is 2.92. The van der Waals surface area contributed by atoms with Crippen LogP contribution in [0.4, 0.5) is 4.79 Å². The molecule has 0 aromatic heterocycles. The van der Waals surface area contributed by atoms with E-state index in [1.54, 1.807) is 0 Å². The first-order valence-corrected chi connectivity index (χ1v) is 16.3. The van der Waals surface area contributed by atoms with Crippen LogP contribution in [0.5, 0.6) is 0 Å². The van der Waals surface area contributed by atoms with Gasteiger partial charge in [-0.05, 0) is 26.9 Å². The van der Waals surface area contributed by atoms with Crippen LogP contribution in [0.1, 0.15) is 142 Å². The molecule has 0 bridgehead atoms. The van der Waals surface area contributed by atoms with Crippen molar-refractivity contribution in [2.24, 2.45) is 0 Å². The van der Waals surface area contributed by atoms with Crippen LogP contribution < -0.4 is 5.32 Å². The fourth-order valence-electron chi connectivity index (χ4n) is 4.37. The molecule has 8 nitrogen and oxygen atoms in total. The summed E-state index contributed by atoms with van der Waals surface area (Å²) in [6.07, 6.45) is 20.4.